The zero-order valence-corrected chi connectivity index (χ0v) is 16.5. The first-order valence-electron chi connectivity index (χ1n) is 9.36. The molecule has 27 heavy (non-hydrogen) atoms. The molecule has 1 fully saturated rings. The number of likely N-dealkylation sites (N-methyl/N-ethyl adjacent to an activating group) is 1. The Labute approximate surface area is 162 Å². The van der Waals surface area contributed by atoms with Crippen molar-refractivity contribution in [1.29, 1.82) is 0 Å². The highest BCUT2D eigenvalue weighted by Crippen LogP contribution is 2.37. The molecule has 1 aliphatic carbocycles. The van der Waals surface area contributed by atoms with Crippen LogP contribution in [-0.2, 0) is 27.2 Å². The van der Waals surface area contributed by atoms with Gasteiger partial charge >= 0.3 is 0 Å². The Balaban J connectivity index is 1.58. The molecule has 2 heterocycles. The van der Waals surface area contributed by atoms with E-state index in [4.69, 9.17) is 10.5 Å². The number of nitrogens with zero attached hydrogens (tertiary/aromatic N) is 1. The predicted octanol–water partition coefficient (Wildman–Crippen LogP) is -0.962. The van der Waals surface area contributed by atoms with E-state index in [1.807, 2.05) is 7.05 Å². The second kappa shape index (κ2) is 8.81. The van der Waals surface area contributed by atoms with E-state index in [9.17, 15) is 14.4 Å². The molecule has 9 heteroatoms. The van der Waals surface area contributed by atoms with Crippen LogP contribution in [0, 0.1) is 0 Å². The Kier molecular flexibility index (Phi) is 6.46. The topological polar surface area (TPSA) is 106 Å². The Morgan fingerprint density at radius 2 is 1.89 bits per heavy atom. The Bertz CT molecular complexity index is 727. The molecule has 0 aromatic carbocycles. The molecular formula is C18H27N4O4S+. The fraction of sp³-hybridized carbons (Fsp3) is 0.611. The maximum Gasteiger partial charge on any atom is 0.280 e. The van der Waals surface area contributed by atoms with Crippen molar-refractivity contribution in [1.82, 2.24) is 4.90 Å². The van der Waals surface area contributed by atoms with E-state index in [-0.39, 0.29) is 24.9 Å². The van der Waals surface area contributed by atoms with Gasteiger partial charge in [0.15, 0.2) is 13.1 Å². The lowest BCUT2D eigenvalue weighted by molar-refractivity contribution is -0.862. The molecule has 0 radical (unpaired) electrons. The molecule has 2 aliphatic rings. The number of ether oxygens (including phenoxy) is 1. The fourth-order valence-electron chi connectivity index (χ4n) is 3.60. The minimum Gasteiger partial charge on any atom is -0.378 e. The third-order valence-electron chi connectivity index (χ3n) is 4.95. The molecular weight excluding hydrogens is 368 g/mol. The quantitative estimate of drug-likeness (QED) is 0.577. The number of hydrogen-bond acceptors (Lipinski definition) is 5. The van der Waals surface area contributed by atoms with Crippen molar-refractivity contribution < 1.29 is 24.0 Å². The molecule has 1 atom stereocenters. The summed E-state index contributed by atoms with van der Waals surface area (Å²) < 4.78 is 5.25. The number of hydrogen-bond donors (Lipinski definition) is 3. The van der Waals surface area contributed by atoms with Crippen LogP contribution in [0.2, 0.25) is 0 Å². The highest BCUT2D eigenvalue weighted by Gasteiger charge is 2.26. The van der Waals surface area contributed by atoms with E-state index in [0.717, 1.165) is 41.0 Å². The molecule has 4 N–H and O–H groups in total. The second-order valence-electron chi connectivity index (χ2n) is 7.13. The molecule has 0 saturated carbocycles. The van der Waals surface area contributed by atoms with Gasteiger partial charge in [-0.05, 0) is 31.2 Å². The summed E-state index contributed by atoms with van der Waals surface area (Å²) in [4.78, 5) is 40.3. The minimum absolute atomic E-state index is 0.0213. The van der Waals surface area contributed by atoms with Gasteiger partial charge in [0.2, 0.25) is 0 Å². The van der Waals surface area contributed by atoms with Crippen LogP contribution in [-0.4, -0.2) is 69.1 Å². The number of primary amides is 1. The van der Waals surface area contributed by atoms with Crippen LogP contribution < -0.4 is 16.0 Å². The number of nitrogens with two attached hydrogens (primary N) is 1. The standard InChI is InChI=1S/C18H26N4O4S/c1-21(11-15(24)22-6-8-26-9-7-22)10-14(23)20-18-16(17(19)25)12-4-2-3-5-13(12)27-18/h2-11H2,1H3,(H2,19,25)(H,20,23)/p+1. The zero-order valence-electron chi connectivity index (χ0n) is 15.6. The minimum atomic E-state index is -0.493. The first kappa shape index (κ1) is 19.8. The number of rotatable bonds is 6. The number of thiophene rings is 1. The summed E-state index contributed by atoms with van der Waals surface area (Å²) in [6.07, 6.45) is 3.89. The van der Waals surface area contributed by atoms with Crippen molar-refractivity contribution in [3.63, 3.8) is 0 Å². The number of quaternary nitrogens is 1. The smallest absolute Gasteiger partial charge is 0.280 e. The normalized spacial score (nSPS) is 17.9. The largest absolute Gasteiger partial charge is 0.378 e. The molecule has 1 unspecified atom stereocenters. The molecule has 1 aliphatic heterocycles. The third kappa shape index (κ3) is 4.85. The van der Waals surface area contributed by atoms with Gasteiger partial charge in [-0.2, -0.15) is 0 Å². The fourth-order valence-corrected chi connectivity index (χ4v) is 4.92. The van der Waals surface area contributed by atoms with Gasteiger partial charge in [-0.3, -0.25) is 14.4 Å². The van der Waals surface area contributed by atoms with Crippen molar-refractivity contribution in [2.24, 2.45) is 5.73 Å². The number of aryl methyl sites for hydroxylation is 1. The lowest BCUT2D eigenvalue weighted by Gasteiger charge is -2.27. The van der Waals surface area contributed by atoms with Crippen LogP contribution >= 0.6 is 11.3 Å². The Hall–Kier alpha value is -1.97. The monoisotopic (exact) mass is 395 g/mol. The van der Waals surface area contributed by atoms with Gasteiger partial charge in [-0.1, -0.05) is 0 Å². The highest BCUT2D eigenvalue weighted by atomic mass is 32.1. The van der Waals surface area contributed by atoms with Gasteiger partial charge in [0.25, 0.3) is 17.7 Å². The van der Waals surface area contributed by atoms with E-state index in [1.54, 1.807) is 4.90 Å². The van der Waals surface area contributed by atoms with Crippen molar-refractivity contribution >= 4 is 34.1 Å². The molecule has 1 saturated heterocycles. The van der Waals surface area contributed by atoms with E-state index < -0.39 is 5.91 Å². The van der Waals surface area contributed by atoms with Crippen molar-refractivity contribution in [2.75, 3.05) is 51.8 Å². The Morgan fingerprint density at radius 3 is 2.59 bits per heavy atom. The maximum atomic E-state index is 12.4. The van der Waals surface area contributed by atoms with E-state index in [2.05, 4.69) is 5.32 Å². The summed E-state index contributed by atoms with van der Waals surface area (Å²) in [5, 5.41) is 3.39. The van der Waals surface area contributed by atoms with E-state index in [0.29, 0.717) is 36.9 Å². The number of anilines is 1. The summed E-state index contributed by atoms with van der Waals surface area (Å²) in [7, 11) is 1.81. The molecule has 8 nitrogen and oxygen atoms in total. The summed E-state index contributed by atoms with van der Waals surface area (Å²) in [6, 6.07) is 0. The molecule has 1 aromatic rings. The number of morpholine rings is 1. The number of carbonyl (C=O) groups is 3. The number of nitrogens with one attached hydrogen (secondary N) is 2. The summed E-state index contributed by atoms with van der Waals surface area (Å²) in [5.74, 6) is -0.690. The Morgan fingerprint density at radius 1 is 1.19 bits per heavy atom. The second-order valence-corrected chi connectivity index (χ2v) is 8.24. The van der Waals surface area contributed by atoms with Gasteiger partial charge in [0, 0.05) is 18.0 Å². The van der Waals surface area contributed by atoms with Crippen molar-refractivity contribution in [3.8, 4) is 0 Å². The van der Waals surface area contributed by atoms with Crippen LogP contribution in [0.25, 0.3) is 0 Å². The number of amides is 3. The predicted molar refractivity (Wildman–Crippen MR) is 102 cm³/mol. The first-order valence-corrected chi connectivity index (χ1v) is 10.2. The SMILES string of the molecule is C[NH+](CC(=O)Nc1sc2c(c1C(N)=O)CCCC2)CC(=O)N1CCOCC1. The van der Waals surface area contributed by atoms with E-state index >= 15 is 0 Å². The van der Waals surface area contributed by atoms with Gasteiger partial charge in [-0.15, -0.1) is 11.3 Å². The molecule has 0 bridgehead atoms. The molecule has 3 amide bonds. The summed E-state index contributed by atoms with van der Waals surface area (Å²) >= 11 is 1.45. The number of carbonyl (C=O) groups excluding carboxylic acids is 3. The van der Waals surface area contributed by atoms with Crippen LogP contribution in [0.15, 0.2) is 0 Å². The van der Waals surface area contributed by atoms with Crippen LogP contribution in [0.1, 0.15) is 33.6 Å². The summed E-state index contributed by atoms with van der Waals surface area (Å²) in [5.41, 5.74) is 7.02. The lowest BCUT2D eigenvalue weighted by Crippen LogP contribution is -3.11. The van der Waals surface area contributed by atoms with Crippen molar-refractivity contribution in [3.05, 3.63) is 16.0 Å². The lowest BCUT2D eigenvalue weighted by atomic mass is 9.95. The maximum absolute atomic E-state index is 12.4. The van der Waals surface area contributed by atoms with E-state index in [1.165, 1.54) is 11.3 Å². The molecule has 3 rings (SSSR count). The molecule has 0 spiro atoms. The first-order chi connectivity index (χ1) is 13.0. The zero-order chi connectivity index (χ0) is 19.4. The van der Waals surface area contributed by atoms with Gasteiger partial charge in [0.05, 0.1) is 25.8 Å². The average molecular weight is 396 g/mol. The van der Waals surface area contributed by atoms with Gasteiger partial charge in [-0.25, -0.2) is 0 Å². The molecule has 148 valence electrons. The van der Waals surface area contributed by atoms with Gasteiger partial charge < -0.3 is 25.6 Å². The van der Waals surface area contributed by atoms with Crippen LogP contribution in [0.5, 0.6) is 0 Å². The average Bonchev–Trinajstić information content (AvgIpc) is 2.99. The van der Waals surface area contributed by atoms with Gasteiger partial charge in [0.1, 0.15) is 5.00 Å². The van der Waals surface area contributed by atoms with Crippen LogP contribution in [0.4, 0.5) is 5.00 Å². The number of fused-ring (bicyclic) bond motifs is 1. The van der Waals surface area contributed by atoms with Crippen molar-refractivity contribution in [2.45, 2.75) is 25.7 Å². The van der Waals surface area contributed by atoms with Crippen LogP contribution in [0.3, 0.4) is 0 Å². The highest BCUT2D eigenvalue weighted by molar-refractivity contribution is 7.17. The third-order valence-corrected chi connectivity index (χ3v) is 6.16. The summed E-state index contributed by atoms with van der Waals surface area (Å²) in [6.45, 7) is 2.71. The molecule has 1 aromatic heterocycles.